The molecule has 3 amide bonds. The maximum atomic E-state index is 13.8. The summed E-state index contributed by atoms with van der Waals surface area (Å²) in [6.07, 6.45) is 0.0788. The first kappa shape index (κ1) is 20.5. The van der Waals surface area contributed by atoms with Crippen LogP contribution in [0.15, 0.2) is 91.0 Å². The minimum Gasteiger partial charge on any atom is -0.327 e. The zero-order valence-electron chi connectivity index (χ0n) is 18.3. The summed E-state index contributed by atoms with van der Waals surface area (Å²) in [5.41, 5.74) is 1.79. The van der Waals surface area contributed by atoms with Crippen LogP contribution in [0.2, 0.25) is 0 Å². The molecule has 3 saturated heterocycles. The SMILES string of the molecule is O=C1CC2C3C(=O)N(c4ccccc4)C(=O)C3C1C(c1ccccc1)N2C(=O)c1ccccc1. The lowest BCUT2D eigenvalue weighted by Gasteiger charge is -2.54. The largest absolute Gasteiger partial charge is 0.327 e. The number of carbonyl (C=O) groups excluding carboxylic acids is 4. The van der Waals surface area contributed by atoms with Gasteiger partial charge < -0.3 is 4.90 Å². The predicted octanol–water partition coefficient (Wildman–Crippen LogP) is 3.65. The van der Waals surface area contributed by atoms with E-state index in [0.29, 0.717) is 11.3 Å². The Morgan fingerprint density at radius 2 is 1.24 bits per heavy atom. The summed E-state index contributed by atoms with van der Waals surface area (Å²) in [6.45, 7) is 0. The van der Waals surface area contributed by atoms with Crippen molar-refractivity contribution in [2.75, 3.05) is 4.90 Å². The van der Waals surface area contributed by atoms with E-state index < -0.39 is 29.8 Å². The maximum Gasteiger partial charge on any atom is 0.254 e. The summed E-state index contributed by atoms with van der Waals surface area (Å²) in [5, 5.41) is 0. The molecule has 6 nitrogen and oxygen atoms in total. The molecule has 7 rings (SSSR count). The Kier molecular flexibility index (Phi) is 4.69. The number of Topliss-reactive ketones (excluding diaryl/α,β-unsaturated/α-hetero) is 1. The number of anilines is 1. The van der Waals surface area contributed by atoms with Gasteiger partial charge in [0.15, 0.2) is 0 Å². The van der Waals surface area contributed by atoms with Crippen LogP contribution in [0.25, 0.3) is 0 Å². The van der Waals surface area contributed by atoms with Gasteiger partial charge in [0.05, 0.1) is 35.5 Å². The van der Waals surface area contributed by atoms with Crippen molar-refractivity contribution < 1.29 is 19.2 Å². The monoisotopic (exact) mass is 450 g/mol. The fourth-order valence-electron chi connectivity index (χ4n) is 6.04. The number of hydrogen-bond donors (Lipinski definition) is 0. The first-order valence-electron chi connectivity index (χ1n) is 11.5. The molecule has 34 heavy (non-hydrogen) atoms. The van der Waals surface area contributed by atoms with E-state index in [9.17, 15) is 19.2 Å². The summed E-state index contributed by atoms with van der Waals surface area (Å²) in [7, 11) is 0. The van der Waals surface area contributed by atoms with Crippen LogP contribution in [-0.2, 0) is 14.4 Å². The quantitative estimate of drug-likeness (QED) is 0.571. The molecular formula is C28H22N2O4. The Morgan fingerprint density at radius 3 is 1.88 bits per heavy atom. The normalized spacial score (nSPS) is 27.8. The molecule has 3 aromatic rings. The van der Waals surface area contributed by atoms with Gasteiger partial charge in [-0.2, -0.15) is 0 Å². The van der Waals surface area contributed by atoms with Crippen molar-refractivity contribution in [1.29, 1.82) is 0 Å². The molecule has 0 aromatic heterocycles. The van der Waals surface area contributed by atoms with E-state index >= 15 is 0 Å². The third kappa shape index (κ3) is 2.88. The summed E-state index contributed by atoms with van der Waals surface area (Å²) in [4.78, 5) is 57.4. The molecule has 1 saturated carbocycles. The Hall–Kier alpha value is -4.06. The fourth-order valence-corrected chi connectivity index (χ4v) is 6.04. The zero-order valence-corrected chi connectivity index (χ0v) is 18.3. The highest BCUT2D eigenvalue weighted by Crippen LogP contribution is 2.55. The molecule has 4 fully saturated rings. The topological polar surface area (TPSA) is 74.8 Å². The highest BCUT2D eigenvalue weighted by atomic mass is 16.2. The summed E-state index contributed by atoms with van der Waals surface area (Å²) in [6, 6.07) is 25.8. The number of piperidine rings is 2. The molecule has 5 atom stereocenters. The molecule has 5 unspecified atom stereocenters. The van der Waals surface area contributed by atoms with Crippen LogP contribution in [0, 0.1) is 17.8 Å². The first-order chi connectivity index (χ1) is 16.6. The number of rotatable bonds is 3. The molecule has 4 aliphatic rings. The lowest BCUT2D eigenvalue weighted by atomic mass is 9.60. The average Bonchev–Trinajstić information content (AvgIpc) is 3.15. The number of fused-ring (bicyclic) bond motifs is 2. The van der Waals surface area contributed by atoms with Gasteiger partial charge in [0.2, 0.25) is 11.8 Å². The molecule has 3 aliphatic heterocycles. The van der Waals surface area contributed by atoms with E-state index in [0.717, 1.165) is 5.56 Å². The Bertz CT molecular complexity index is 1290. The number of benzene rings is 3. The lowest BCUT2D eigenvalue weighted by Crippen LogP contribution is -2.64. The maximum absolute atomic E-state index is 13.8. The van der Waals surface area contributed by atoms with E-state index in [1.807, 2.05) is 42.5 Å². The molecule has 6 heteroatoms. The molecular weight excluding hydrogens is 428 g/mol. The first-order valence-corrected chi connectivity index (χ1v) is 11.5. The van der Waals surface area contributed by atoms with Crippen LogP contribution in [-0.4, -0.2) is 34.4 Å². The minimum atomic E-state index is -0.774. The molecule has 0 radical (unpaired) electrons. The van der Waals surface area contributed by atoms with Crippen molar-refractivity contribution in [2.24, 2.45) is 17.8 Å². The van der Waals surface area contributed by atoms with Gasteiger partial charge in [-0.25, -0.2) is 4.90 Å². The number of nitrogens with zero attached hydrogens (tertiary/aromatic N) is 2. The fraction of sp³-hybridized carbons (Fsp3) is 0.214. The number of carbonyl (C=O) groups is 4. The summed E-state index contributed by atoms with van der Waals surface area (Å²) in [5.74, 6) is -3.25. The molecule has 1 aliphatic carbocycles. The lowest BCUT2D eigenvalue weighted by molar-refractivity contribution is -0.153. The van der Waals surface area contributed by atoms with Gasteiger partial charge in [-0.3, -0.25) is 19.2 Å². The Labute approximate surface area is 196 Å². The van der Waals surface area contributed by atoms with Crippen molar-refractivity contribution in [3.63, 3.8) is 0 Å². The number of amides is 3. The standard InChI is InChI=1S/C28H22N2O4/c31-21-16-20-22-24(28(34)29(27(22)33)19-14-8-3-9-15-19)23(21)25(17-10-4-1-5-11-17)30(20)26(32)18-12-6-2-7-13-18/h1-15,20,22-25H,16H2. The molecule has 3 aromatic carbocycles. The number of hydrogen-bond acceptors (Lipinski definition) is 4. The summed E-state index contributed by atoms with van der Waals surface area (Å²) >= 11 is 0. The second-order valence-corrected chi connectivity index (χ2v) is 9.10. The Morgan fingerprint density at radius 1 is 0.676 bits per heavy atom. The Balaban J connectivity index is 1.51. The second kappa shape index (κ2) is 7.76. The molecule has 2 bridgehead atoms. The van der Waals surface area contributed by atoms with Crippen LogP contribution in [0.5, 0.6) is 0 Å². The highest BCUT2D eigenvalue weighted by molar-refractivity contribution is 6.24. The molecule has 0 N–H and O–H groups in total. The van der Waals surface area contributed by atoms with E-state index in [1.54, 1.807) is 53.4 Å². The van der Waals surface area contributed by atoms with Gasteiger partial charge in [0.1, 0.15) is 5.78 Å². The van der Waals surface area contributed by atoms with Crippen molar-refractivity contribution in [3.05, 3.63) is 102 Å². The minimum absolute atomic E-state index is 0.0618. The van der Waals surface area contributed by atoms with E-state index in [2.05, 4.69) is 0 Å². The van der Waals surface area contributed by atoms with Crippen molar-refractivity contribution in [3.8, 4) is 0 Å². The smallest absolute Gasteiger partial charge is 0.254 e. The van der Waals surface area contributed by atoms with Crippen LogP contribution in [0.4, 0.5) is 5.69 Å². The molecule has 3 heterocycles. The van der Waals surface area contributed by atoms with E-state index in [1.165, 1.54) is 4.90 Å². The van der Waals surface area contributed by atoms with E-state index in [4.69, 9.17) is 0 Å². The number of ketones is 1. The highest BCUT2D eigenvalue weighted by Gasteiger charge is 2.67. The number of imide groups is 1. The van der Waals surface area contributed by atoms with Crippen molar-refractivity contribution in [2.45, 2.75) is 18.5 Å². The second-order valence-electron chi connectivity index (χ2n) is 9.10. The van der Waals surface area contributed by atoms with Gasteiger partial charge >= 0.3 is 0 Å². The van der Waals surface area contributed by atoms with Crippen molar-refractivity contribution >= 4 is 29.2 Å². The van der Waals surface area contributed by atoms with Crippen molar-refractivity contribution in [1.82, 2.24) is 4.90 Å². The van der Waals surface area contributed by atoms with Gasteiger partial charge in [-0.05, 0) is 29.8 Å². The molecule has 168 valence electrons. The van der Waals surface area contributed by atoms with E-state index in [-0.39, 0.29) is 29.9 Å². The molecule has 0 spiro atoms. The average molecular weight is 450 g/mol. The third-order valence-electron chi connectivity index (χ3n) is 7.39. The van der Waals surface area contributed by atoms with Crippen LogP contribution < -0.4 is 4.90 Å². The summed E-state index contributed by atoms with van der Waals surface area (Å²) < 4.78 is 0. The van der Waals surface area contributed by atoms with Gasteiger partial charge in [0.25, 0.3) is 5.91 Å². The zero-order chi connectivity index (χ0) is 23.4. The van der Waals surface area contributed by atoms with Gasteiger partial charge in [0, 0.05) is 12.0 Å². The van der Waals surface area contributed by atoms with Crippen LogP contribution in [0.1, 0.15) is 28.4 Å². The third-order valence-corrected chi connectivity index (χ3v) is 7.39. The van der Waals surface area contributed by atoms with Crippen LogP contribution >= 0.6 is 0 Å². The van der Waals surface area contributed by atoms with Gasteiger partial charge in [-0.15, -0.1) is 0 Å². The van der Waals surface area contributed by atoms with Gasteiger partial charge in [-0.1, -0.05) is 66.7 Å². The number of para-hydroxylation sites is 1. The van der Waals surface area contributed by atoms with Crippen LogP contribution in [0.3, 0.4) is 0 Å². The predicted molar refractivity (Wildman–Crippen MR) is 125 cm³/mol.